The molecular weight excluding hydrogens is 260 g/mol. The lowest BCUT2D eigenvalue weighted by Gasteiger charge is -2.27. The van der Waals surface area contributed by atoms with Crippen LogP contribution >= 0.6 is 0 Å². The van der Waals surface area contributed by atoms with Crippen LogP contribution in [0.5, 0.6) is 0 Å². The van der Waals surface area contributed by atoms with Crippen LogP contribution in [0.25, 0.3) is 0 Å². The van der Waals surface area contributed by atoms with Gasteiger partial charge in [-0.3, -0.25) is 4.79 Å². The molecule has 0 spiro atoms. The largest absolute Gasteiger partial charge is 0.382 e. The summed E-state index contributed by atoms with van der Waals surface area (Å²) < 4.78 is 0. The second kappa shape index (κ2) is 8.99. The van der Waals surface area contributed by atoms with E-state index in [1.807, 2.05) is 18.2 Å². The zero-order valence-corrected chi connectivity index (χ0v) is 13.8. The van der Waals surface area contributed by atoms with Crippen LogP contribution in [-0.4, -0.2) is 16.5 Å². The summed E-state index contributed by atoms with van der Waals surface area (Å²) in [6, 6.07) is 9.13. The number of unbranched alkanes of at least 4 members (excludes halogenated alkanes) is 2. The first-order valence-electron chi connectivity index (χ1n) is 8.33. The Bertz CT molecular complexity index is 401. The van der Waals surface area contributed by atoms with E-state index in [4.69, 9.17) is 0 Å². The van der Waals surface area contributed by atoms with Gasteiger partial charge in [0.05, 0.1) is 0 Å². The molecule has 1 rings (SSSR count). The SMILES string of the molecule is CCCCC(CCCC)CC(C)(O)C(=O)c1ccccc1. The summed E-state index contributed by atoms with van der Waals surface area (Å²) >= 11 is 0. The van der Waals surface area contributed by atoms with Gasteiger partial charge in [-0.05, 0) is 19.3 Å². The van der Waals surface area contributed by atoms with Gasteiger partial charge in [-0.25, -0.2) is 0 Å². The van der Waals surface area contributed by atoms with E-state index in [0.717, 1.165) is 25.7 Å². The summed E-state index contributed by atoms with van der Waals surface area (Å²) in [5.74, 6) is 0.286. The molecule has 2 nitrogen and oxygen atoms in total. The Morgan fingerprint density at radius 3 is 2.10 bits per heavy atom. The van der Waals surface area contributed by atoms with Gasteiger partial charge in [0.1, 0.15) is 5.60 Å². The van der Waals surface area contributed by atoms with E-state index < -0.39 is 5.60 Å². The van der Waals surface area contributed by atoms with Gasteiger partial charge in [-0.2, -0.15) is 0 Å². The fourth-order valence-electron chi connectivity index (χ4n) is 2.89. The van der Waals surface area contributed by atoms with Crippen LogP contribution in [0.15, 0.2) is 30.3 Å². The van der Waals surface area contributed by atoms with Crippen molar-refractivity contribution in [2.24, 2.45) is 5.92 Å². The van der Waals surface area contributed by atoms with Crippen molar-refractivity contribution in [3.8, 4) is 0 Å². The lowest BCUT2D eigenvalue weighted by atomic mass is 9.81. The van der Waals surface area contributed by atoms with Crippen molar-refractivity contribution in [1.82, 2.24) is 0 Å². The third-order valence-corrected chi connectivity index (χ3v) is 4.14. The van der Waals surface area contributed by atoms with E-state index in [2.05, 4.69) is 13.8 Å². The lowest BCUT2D eigenvalue weighted by Crippen LogP contribution is -2.37. The molecule has 0 aromatic heterocycles. The molecule has 0 heterocycles. The standard InChI is InChI=1S/C19H30O2/c1-4-6-11-16(12-7-5-2)15-19(3,21)18(20)17-13-9-8-10-14-17/h8-10,13-14,16,21H,4-7,11-12,15H2,1-3H3. The molecule has 21 heavy (non-hydrogen) atoms. The number of ketones is 1. The van der Waals surface area contributed by atoms with Crippen molar-refractivity contribution in [2.75, 3.05) is 0 Å². The average Bonchev–Trinajstić information content (AvgIpc) is 2.49. The van der Waals surface area contributed by atoms with E-state index in [-0.39, 0.29) is 5.78 Å². The summed E-state index contributed by atoms with van der Waals surface area (Å²) in [5.41, 5.74) is -0.653. The van der Waals surface area contributed by atoms with Crippen molar-refractivity contribution in [3.63, 3.8) is 0 Å². The first kappa shape index (κ1) is 17.9. The van der Waals surface area contributed by atoms with E-state index in [9.17, 15) is 9.90 Å². The minimum absolute atomic E-state index is 0.152. The maximum absolute atomic E-state index is 12.5. The molecule has 0 fully saturated rings. The average molecular weight is 290 g/mol. The Morgan fingerprint density at radius 1 is 1.10 bits per heavy atom. The number of carbonyl (C=O) groups is 1. The molecule has 0 aliphatic heterocycles. The summed E-state index contributed by atoms with van der Waals surface area (Å²) in [6.07, 6.45) is 7.45. The van der Waals surface area contributed by atoms with Gasteiger partial charge >= 0.3 is 0 Å². The van der Waals surface area contributed by atoms with Crippen LogP contribution in [0, 0.1) is 5.92 Å². The van der Waals surface area contributed by atoms with Gasteiger partial charge in [0.2, 0.25) is 0 Å². The smallest absolute Gasteiger partial charge is 0.194 e. The summed E-state index contributed by atoms with van der Waals surface area (Å²) in [5, 5.41) is 10.7. The van der Waals surface area contributed by atoms with Crippen molar-refractivity contribution in [3.05, 3.63) is 35.9 Å². The van der Waals surface area contributed by atoms with Gasteiger partial charge in [-0.1, -0.05) is 82.7 Å². The highest BCUT2D eigenvalue weighted by atomic mass is 16.3. The molecule has 1 atom stereocenters. The topological polar surface area (TPSA) is 37.3 Å². The Balaban J connectivity index is 2.72. The van der Waals surface area contributed by atoms with Crippen molar-refractivity contribution in [1.29, 1.82) is 0 Å². The molecule has 0 saturated carbocycles. The van der Waals surface area contributed by atoms with Gasteiger partial charge < -0.3 is 5.11 Å². The molecule has 0 bridgehead atoms. The van der Waals surface area contributed by atoms with Gasteiger partial charge in [0, 0.05) is 5.56 Å². The highest BCUT2D eigenvalue weighted by molar-refractivity contribution is 6.01. The number of benzene rings is 1. The minimum Gasteiger partial charge on any atom is -0.382 e. The summed E-state index contributed by atoms with van der Waals surface area (Å²) in [4.78, 5) is 12.5. The first-order chi connectivity index (χ1) is 10.0. The number of hydrogen-bond donors (Lipinski definition) is 1. The third kappa shape index (κ3) is 6.01. The van der Waals surface area contributed by atoms with Gasteiger partial charge in [-0.15, -0.1) is 0 Å². The zero-order valence-electron chi connectivity index (χ0n) is 13.8. The quantitative estimate of drug-likeness (QED) is 0.615. The number of aliphatic hydroxyl groups is 1. The highest BCUT2D eigenvalue weighted by Gasteiger charge is 2.33. The van der Waals surface area contributed by atoms with E-state index in [1.165, 1.54) is 12.8 Å². The Morgan fingerprint density at radius 2 is 1.62 bits per heavy atom. The first-order valence-corrected chi connectivity index (χ1v) is 8.33. The lowest BCUT2D eigenvalue weighted by molar-refractivity contribution is 0.0266. The third-order valence-electron chi connectivity index (χ3n) is 4.14. The van der Waals surface area contributed by atoms with E-state index in [0.29, 0.717) is 17.9 Å². The number of hydrogen-bond acceptors (Lipinski definition) is 2. The summed E-state index contributed by atoms with van der Waals surface area (Å²) in [7, 11) is 0. The Kier molecular flexibility index (Phi) is 7.66. The molecule has 1 N–H and O–H groups in total. The molecule has 1 aromatic rings. The molecule has 1 aromatic carbocycles. The van der Waals surface area contributed by atoms with Crippen LogP contribution in [0.2, 0.25) is 0 Å². The van der Waals surface area contributed by atoms with Gasteiger partial charge in [0.25, 0.3) is 0 Å². The summed E-state index contributed by atoms with van der Waals surface area (Å²) in [6.45, 7) is 6.04. The number of Topliss-reactive ketones (excluding diaryl/α,β-unsaturated/α-hetero) is 1. The monoisotopic (exact) mass is 290 g/mol. The number of rotatable bonds is 10. The fraction of sp³-hybridized carbons (Fsp3) is 0.632. The second-order valence-corrected chi connectivity index (χ2v) is 6.32. The van der Waals surface area contributed by atoms with Crippen molar-refractivity contribution < 1.29 is 9.90 Å². The Labute approximate surface area is 129 Å². The predicted molar refractivity (Wildman–Crippen MR) is 88.6 cm³/mol. The highest BCUT2D eigenvalue weighted by Crippen LogP contribution is 2.28. The van der Waals surface area contributed by atoms with Gasteiger partial charge in [0.15, 0.2) is 5.78 Å². The predicted octanol–water partition coefficient (Wildman–Crippen LogP) is 5.01. The van der Waals surface area contributed by atoms with Crippen LogP contribution < -0.4 is 0 Å². The molecule has 1 unspecified atom stereocenters. The minimum atomic E-state index is -1.26. The van der Waals surface area contributed by atoms with Crippen molar-refractivity contribution in [2.45, 2.75) is 71.3 Å². The second-order valence-electron chi connectivity index (χ2n) is 6.32. The number of carbonyl (C=O) groups excluding carboxylic acids is 1. The molecule has 0 amide bonds. The Hall–Kier alpha value is -1.15. The maximum Gasteiger partial charge on any atom is 0.194 e. The molecule has 0 aliphatic rings. The maximum atomic E-state index is 12.5. The zero-order chi connectivity index (χ0) is 15.7. The molecule has 0 saturated heterocycles. The van der Waals surface area contributed by atoms with E-state index >= 15 is 0 Å². The van der Waals surface area contributed by atoms with Crippen LogP contribution in [0.1, 0.15) is 76.1 Å². The molecule has 2 heteroatoms. The van der Waals surface area contributed by atoms with Crippen LogP contribution in [0.3, 0.4) is 0 Å². The molecule has 0 aliphatic carbocycles. The molecule has 118 valence electrons. The van der Waals surface area contributed by atoms with Crippen LogP contribution in [-0.2, 0) is 0 Å². The normalized spacial score (nSPS) is 14.1. The molecular formula is C19H30O2. The van der Waals surface area contributed by atoms with Crippen LogP contribution in [0.4, 0.5) is 0 Å². The van der Waals surface area contributed by atoms with E-state index in [1.54, 1.807) is 19.1 Å². The molecule has 0 radical (unpaired) electrons. The van der Waals surface area contributed by atoms with Crippen molar-refractivity contribution >= 4 is 5.78 Å². The fourth-order valence-corrected chi connectivity index (χ4v) is 2.89.